The van der Waals surface area contributed by atoms with E-state index < -0.39 is 34.1 Å². The molecule has 0 aliphatic carbocycles. The predicted octanol–water partition coefficient (Wildman–Crippen LogP) is 7.11. The number of nitrogens with one attached hydrogen (secondary N) is 1. The monoisotopic (exact) mass is 698 g/mol. The van der Waals surface area contributed by atoms with E-state index in [4.69, 9.17) is 9.72 Å². The summed E-state index contributed by atoms with van der Waals surface area (Å²) >= 11 is 2.11. The molecule has 1 aromatic heterocycles. The molecule has 4 aromatic rings. The number of sulfonamides is 1. The highest BCUT2D eigenvalue weighted by atomic mass is 127. The van der Waals surface area contributed by atoms with Crippen LogP contribution in [0.25, 0.3) is 10.8 Å². The second-order valence-electron chi connectivity index (χ2n) is 9.31. The van der Waals surface area contributed by atoms with Gasteiger partial charge in [-0.2, -0.15) is 4.72 Å². The van der Waals surface area contributed by atoms with Crippen molar-refractivity contribution >= 4 is 49.4 Å². The van der Waals surface area contributed by atoms with E-state index in [-0.39, 0.29) is 23.0 Å². The van der Waals surface area contributed by atoms with Gasteiger partial charge in [0.15, 0.2) is 0 Å². The Balaban J connectivity index is 1.83. The topological polar surface area (TPSA) is 94.6 Å². The average Bonchev–Trinajstić information content (AvgIpc) is 2.92. The maximum absolute atomic E-state index is 13.6. The Morgan fingerprint density at radius 2 is 1.56 bits per heavy atom. The summed E-state index contributed by atoms with van der Waals surface area (Å²) in [5, 5.41) is 1.78. The van der Waals surface area contributed by atoms with Crippen LogP contribution < -0.4 is 9.46 Å². The first-order valence-electron chi connectivity index (χ1n) is 12.5. The molecule has 7 nitrogen and oxygen atoms in total. The van der Waals surface area contributed by atoms with Crippen LogP contribution >= 0.6 is 22.6 Å². The maximum atomic E-state index is 13.6. The summed E-state index contributed by atoms with van der Waals surface area (Å²) in [6.45, 7) is 5.78. The molecule has 0 radical (unpaired) electrons. The molecule has 0 fully saturated rings. The molecule has 1 unspecified atom stereocenters. The van der Waals surface area contributed by atoms with E-state index >= 15 is 0 Å². The van der Waals surface area contributed by atoms with Gasteiger partial charge >= 0.3 is 12.3 Å². The van der Waals surface area contributed by atoms with E-state index in [9.17, 15) is 26.4 Å². The number of ether oxygens (including phenoxy) is 2. The summed E-state index contributed by atoms with van der Waals surface area (Å²) in [5.41, 5.74) is 1.68. The van der Waals surface area contributed by atoms with Gasteiger partial charge in [0.05, 0.1) is 34.5 Å². The Morgan fingerprint density at radius 1 is 0.951 bits per heavy atom. The van der Waals surface area contributed by atoms with Crippen molar-refractivity contribution in [1.82, 2.24) is 9.71 Å². The second-order valence-corrected chi connectivity index (χ2v) is 12.1. The van der Waals surface area contributed by atoms with E-state index in [1.807, 2.05) is 38.1 Å². The zero-order chi connectivity index (χ0) is 29.9. The third-order valence-corrected chi connectivity index (χ3v) is 8.69. The van der Waals surface area contributed by atoms with Crippen molar-refractivity contribution in [2.24, 2.45) is 0 Å². The molecule has 0 saturated carbocycles. The van der Waals surface area contributed by atoms with Crippen molar-refractivity contribution in [1.29, 1.82) is 0 Å². The molecule has 216 valence electrons. The van der Waals surface area contributed by atoms with Gasteiger partial charge in [-0.3, -0.25) is 4.98 Å². The van der Waals surface area contributed by atoms with Crippen molar-refractivity contribution in [2.45, 2.75) is 44.0 Å². The number of alkyl halides is 3. The van der Waals surface area contributed by atoms with Gasteiger partial charge in [-0.05, 0) is 82.8 Å². The number of halogens is 4. The lowest BCUT2D eigenvalue weighted by atomic mass is 9.97. The molecule has 0 saturated heterocycles. The van der Waals surface area contributed by atoms with E-state index in [1.54, 1.807) is 6.92 Å². The number of aromatic nitrogens is 1. The van der Waals surface area contributed by atoms with Crippen molar-refractivity contribution in [2.75, 3.05) is 6.61 Å². The molecule has 0 bridgehead atoms. The normalized spacial score (nSPS) is 12.9. The fourth-order valence-corrected chi connectivity index (χ4v) is 6.35. The first-order chi connectivity index (χ1) is 19.3. The third kappa shape index (κ3) is 7.16. The highest BCUT2D eigenvalue weighted by Crippen LogP contribution is 2.35. The molecule has 0 spiro atoms. The van der Waals surface area contributed by atoms with Crippen molar-refractivity contribution in [3.63, 3.8) is 0 Å². The summed E-state index contributed by atoms with van der Waals surface area (Å²) < 4.78 is 77.8. The van der Waals surface area contributed by atoms with Crippen molar-refractivity contribution < 1.29 is 35.9 Å². The lowest BCUT2D eigenvalue weighted by molar-refractivity contribution is -0.274. The summed E-state index contributed by atoms with van der Waals surface area (Å²) in [6, 6.07) is 16.8. The number of benzene rings is 3. The molecule has 41 heavy (non-hydrogen) atoms. The van der Waals surface area contributed by atoms with Crippen LogP contribution in [0.5, 0.6) is 5.75 Å². The zero-order valence-electron chi connectivity index (χ0n) is 22.2. The van der Waals surface area contributed by atoms with Gasteiger partial charge in [0, 0.05) is 8.96 Å². The summed E-state index contributed by atoms with van der Waals surface area (Å²) in [5.74, 6) is -1.04. The van der Waals surface area contributed by atoms with E-state index in [0.717, 1.165) is 28.6 Å². The minimum atomic E-state index is -4.88. The van der Waals surface area contributed by atoms with Crippen LogP contribution in [0.3, 0.4) is 0 Å². The number of carbonyl (C=O) groups excluding carboxylic acids is 1. The van der Waals surface area contributed by atoms with Crippen LogP contribution in [0.4, 0.5) is 13.2 Å². The van der Waals surface area contributed by atoms with E-state index in [2.05, 4.69) is 32.0 Å². The van der Waals surface area contributed by atoms with Gasteiger partial charge in [-0.15, -0.1) is 13.2 Å². The second kappa shape index (κ2) is 12.3. The Labute approximate surface area is 249 Å². The summed E-state index contributed by atoms with van der Waals surface area (Å²) in [7, 11) is -4.21. The Kier molecular flexibility index (Phi) is 9.24. The largest absolute Gasteiger partial charge is 0.573 e. The molecular formula is C29H26F3IN2O5S. The average molecular weight is 699 g/mol. The predicted molar refractivity (Wildman–Crippen MR) is 156 cm³/mol. The lowest BCUT2D eigenvalue weighted by Gasteiger charge is -2.23. The smallest absolute Gasteiger partial charge is 0.462 e. The third-order valence-electron chi connectivity index (χ3n) is 6.12. The number of nitrogens with zero attached hydrogens (tertiary/aromatic N) is 1. The Hall–Kier alpha value is -3.23. The number of hydrogen-bond donors (Lipinski definition) is 1. The molecule has 1 atom stereocenters. The van der Waals surface area contributed by atoms with Gasteiger partial charge in [-0.1, -0.05) is 50.2 Å². The summed E-state index contributed by atoms with van der Waals surface area (Å²) in [6.07, 6.45) is -4.88. The molecule has 1 N–H and O–H groups in total. The maximum Gasteiger partial charge on any atom is 0.573 e. The minimum Gasteiger partial charge on any atom is -0.462 e. The molecule has 0 amide bonds. The number of fused-ring (bicyclic) bond motifs is 1. The van der Waals surface area contributed by atoms with Crippen LogP contribution in [-0.2, 0) is 14.8 Å². The first kappa shape index (κ1) is 30.7. The van der Waals surface area contributed by atoms with Crippen molar-refractivity contribution in [3.8, 4) is 5.75 Å². The molecular weight excluding hydrogens is 672 g/mol. The van der Waals surface area contributed by atoms with Gasteiger partial charge in [-0.25, -0.2) is 13.2 Å². The van der Waals surface area contributed by atoms with Crippen LogP contribution in [0.15, 0.2) is 77.7 Å². The van der Waals surface area contributed by atoms with Gasteiger partial charge in [0.25, 0.3) is 0 Å². The van der Waals surface area contributed by atoms with E-state index in [0.29, 0.717) is 14.8 Å². The standard InChI is InChI=1S/C29H26F3IN2O5S/c1-4-39-28(36)19-11-15-21(16-12-19)41(37,38)35-26(18-9-13-20(14-10-18)40-29(30,31)32)27-24(33)22-7-5-6-8-23(22)25(34-27)17(2)3/h5-17,26,35H,4H2,1-3H3. The number of esters is 1. The van der Waals surface area contributed by atoms with Crippen molar-refractivity contribution in [3.05, 3.63) is 98.9 Å². The molecule has 1 heterocycles. The quantitative estimate of drug-likeness (QED) is 0.148. The van der Waals surface area contributed by atoms with Gasteiger partial charge < -0.3 is 9.47 Å². The van der Waals surface area contributed by atoms with Crippen LogP contribution in [-0.4, -0.2) is 32.3 Å². The first-order valence-corrected chi connectivity index (χ1v) is 15.1. The molecule has 4 rings (SSSR count). The number of hydrogen-bond acceptors (Lipinski definition) is 6. The highest BCUT2D eigenvalue weighted by molar-refractivity contribution is 14.1. The van der Waals surface area contributed by atoms with Gasteiger partial charge in [0.1, 0.15) is 5.75 Å². The van der Waals surface area contributed by atoms with Crippen LogP contribution in [0.1, 0.15) is 60.0 Å². The number of rotatable bonds is 9. The SMILES string of the molecule is CCOC(=O)c1ccc(S(=O)(=O)NC(c2ccc(OC(F)(F)F)cc2)c2nc(C(C)C)c3ccccc3c2I)cc1. The summed E-state index contributed by atoms with van der Waals surface area (Å²) in [4.78, 5) is 16.8. The van der Waals surface area contributed by atoms with Gasteiger partial charge in [0.2, 0.25) is 10.0 Å². The number of carbonyl (C=O) groups is 1. The molecule has 0 aliphatic rings. The molecule has 3 aromatic carbocycles. The zero-order valence-corrected chi connectivity index (χ0v) is 25.2. The molecule has 12 heteroatoms. The molecule has 0 aliphatic heterocycles. The van der Waals surface area contributed by atoms with Crippen LogP contribution in [0.2, 0.25) is 0 Å². The fourth-order valence-electron chi connectivity index (χ4n) is 4.26. The minimum absolute atomic E-state index is 0.00844. The number of pyridine rings is 1. The van der Waals surface area contributed by atoms with E-state index in [1.165, 1.54) is 36.4 Å². The lowest BCUT2D eigenvalue weighted by Crippen LogP contribution is -2.31. The highest BCUT2D eigenvalue weighted by Gasteiger charge is 2.32. The Bertz CT molecular complexity index is 1660. The Morgan fingerprint density at radius 3 is 2.12 bits per heavy atom. The van der Waals surface area contributed by atoms with Crippen LogP contribution in [0, 0.1) is 3.57 Å². The fraction of sp³-hybridized carbons (Fsp3) is 0.241.